The lowest BCUT2D eigenvalue weighted by Gasteiger charge is -1.96. The first-order valence-electron chi connectivity index (χ1n) is 4.14. The van der Waals surface area contributed by atoms with Gasteiger partial charge in [-0.3, -0.25) is 9.98 Å². The van der Waals surface area contributed by atoms with Gasteiger partial charge in [-0.25, -0.2) is 0 Å². The molecule has 2 aromatic rings. The van der Waals surface area contributed by atoms with Gasteiger partial charge in [-0.1, -0.05) is 0 Å². The van der Waals surface area contributed by atoms with Crippen molar-refractivity contribution in [2.75, 3.05) is 7.05 Å². The Morgan fingerprint density at radius 1 is 1.54 bits per heavy atom. The number of hydrogen-bond donors (Lipinski definition) is 0. The van der Waals surface area contributed by atoms with Crippen LogP contribution in [0.3, 0.4) is 0 Å². The zero-order valence-corrected chi connectivity index (χ0v) is 7.73. The van der Waals surface area contributed by atoms with Gasteiger partial charge in [0.05, 0.1) is 11.2 Å². The van der Waals surface area contributed by atoms with Gasteiger partial charge < -0.3 is 4.57 Å². The van der Waals surface area contributed by atoms with Gasteiger partial charge >= 0.3 is 0 Å². The lowest BCUT2D eigenvalue weighted by molar-refractivity contribution is 0.957. The molecular weight excluding hydrogens is 162 g/mol. The fourth-order valence-corrected chi connectivity index (χ4v) is 1.47. The standard InChI is InChI=1S/C10H11N3/c1-11-7-9-5-8-6-12-4-3-10(8)13(9)2/h3-7H,1-2H3/b11-7-. The Morgan fingerprint density at radius 2 is 2.38 bits per heavy atom. The number of aryl methyl sites for hydroxylation is 1. The van der Waals surface area contributed by atoms with Crippen LogP contribution in [0.4, 0.5) is 0 Å². The largest absolute Gasteiger partial charge is 0.343 e. The topological polar surface area (TPSA) is 30.2 Å². The zero-order valence-electron chi connectivity index (χ0n) is 7.73. The molecule has 0 bridgehead atoms. The molecule has 2 heterocycles. The smallest absolute Gasteiger partial charge is 0.0596 e. The minimum absolute atomic E-state index is 1.10. The average molecular weight is 173 g/mol. The first-order chi connectivity index (χ1) is 6.33. The number of fused-ring (bicyclic) bond motifs is 1. The second kappa shape index (κ2) is 3.01. The number of rotatable bonds is 1. The van der Waals surface area contributed by atoms with Crippen molar-refractivity contribution >= 4 is 17.1 Å². The highest BCUT2D eigenvalue weighted by Crippen LogP contribution is 2.15. The molecule has 66 valence electrons. The van der Waals surface area contributed by atoms with E-state index >= 15 is 0 Å². The van der Waals surface area contributed by atoms with E-state index in [0.717, 1.165) is 11.1 Å². The summed E-state index contributed by atoms with van der Waals surface area (Å²) in [6.07, 6.45) is 5.51. The summed E-state index contributed by atoms with van der Waals surface area (Å²) in [5.74, 6) is 0. The molecule has 0 saturated heterocycles. The molecule has 0 aromatic carbocycles. The lowest BCUT2D eigenvalue weighted by Crippen LogP contribution is -1.93. The number of pyridine rings is 1. The van der Waals surface area contributed by atoms with Crippen molar-refractivity contribution in [3.63, 3.8) is 0 Å². The number of hydrogen-bond acceptors (Lipinski definition) is 2. The summed E-state index contributed by atoms with van der Waals surface area (Å²) in [5, 5.41) is 1.15. The van der Waals surface area contributed by atoms with Crippen molar-refractivity contribution in [3.8, 4) is 0 Å². The number of aromatic nitrogens is 2. The van der Waals surface area contributed by atoms with Crippen LogP contribution in [-0.2, 0) is 7.05 Å². The van der Waals surface area contributed by atoms with E-state index in [4.69, 9.17) is 0 Å². The molecular formula is C10H11N3. The summed E-state index contributed by atoms with van der Waals surface area (Å²) in [5.41, 5.74) is 2.29. The Hall–Kier alpha value is -1.64. The first-order valence-corrected chi connectivity index (χ1v) is 4.14. The SMILES string of the molecule is C/N=C\c1cc2cnccc2n1C. The molecule has 0 aliphatic carbocycles. The summed E-state index contributed by atoms with van der Waals surface area (Å²) in [7, 11) is 3.80. The fraction of sp³-hybridized carbons (Fsp3) is 0.200. The molecule has 0 fully saturated rings. The molecule has 2 rings (SSSR count). The summed E-state index contributed by atoms with van der Waals surface area (Å²) >= 11 is 0. The maximum atomic E-state index is 4.07. The number of nitrogens with zero attached hydrogens (tertiary/aromatic N) is 3. The van der Waals surface area contributed by atoms with Crippen LogP contribution in [0.25, 0.3) is 10.9 Å². The highest BCUT2D eigenvalue weighted by molar-refractivity contribution is 5.89. The van der Waals surface area contributed by atoms with E-state index in [1.807, 2.05) is 25.5 Å². The van der Waals surface area contributed by atoms with Gasteiger partial charge in [-0.2, -0.15) is 0 Å². The molecule has 0 aliphatic heterocycles. The van der Waals surface area contributed by atoms with Crippen LogP contribution in [0.15, 0.2) is 29.5 Å². The molecule has 0 unspecified atom stereocenters. The van der Waals surface area contributed by atoms with Gasteiger partial charge in [-0.15, -0.1) is 0 Å². The molecule has 13 heavy (non-hydrogen) atoms. The zero-order chi connectivity index (χ0) is 9.26. The van der Waals surface area contributed by atoms with Crippen molar-refractivity contribution in [2.45, 2.75) is 0 Å². The van der Waals surface area contributed by atoms with E-state index in [9.17, 15) is 0 Å². The Labute approximate surface area is 76.7 Å². The van der Waals surface area contributed by atoms with Gasteiger partial charge in [0.25, 0.3) is 0 Å². The maximum Gasteiger partial charge on any atom is 0.0596 e. The third-order valence-electron chi connectivity index (χ3n) is 2.14. The quantitative estimate of drug-likeness (QED) is 0.603. The van der Waals surface area contributed by atoms with Gasteiger partial charge in [0, 0.05) is 38.1 Å². The average Bonchev–Trinajstić information content (AvgIpc) is 2.46. The van der Waals surface area contributed by atoms with Crippen LogP contribution < -0.4 is 0 Å². The van der Waals surface area contributed by atoms with E-state index in [1.54, 1.807) is 13.2 Å². The summed E-state index contributed by atoms with van der Waals surface area (Å²) < 4.78 is 2.10. The summed E-state index contributed by atoms with van der Waals surface area (Å²) in [6, 6.07) is 4.08. The molecule has 0 saturated carbocycles. The number of aliphatic imine (C=N–C) groups is 1. The highest BCUT2D eigenvalue weighted by Gasteiger charge is 2.01. The van der Waals surface area contributed by atoms with Crippen LogP contribution in [0.1, 0.15) is 5.69 Å². The molecule has 0 amide bonds. The van der Waals surface area contributed by atoms with Crippen LogP contribution in [-0.4, -0.2) is 22.8 Å². The second-order valence-corrected chi connectivity index (χ2v) is 2.95. The van der Waals surface area contributed by atoms with E-state index in [2.05, 4.69) is 20.6 Å². The summed E-state index contributed by atoms with van der Waals surface area (Å²) in [6.45, 7) is 0. The Balaban J connectivity index is 2.73. The molecule has 2 aromatic heterocycles. The van der Waals surface area contributed by atoms with Gasteiger partial charge in [0.15, 0.2) is 0 Å². The van der Waals surface area contributed by atoms with Gasteiger partial charge in [0.2, 0.25) is 0 Å². The van der Waals surface area contributed by atoms with E-state index < -0.39 is 0 Å². The third kappa shape index (κ3) is 1.22. The normalized spacial score (nSPS) is 11.5. The first kappa shape index (κ1) is 7.98. The van der Waals surface area contributed by atoms with Crippen LogP contribution >= 0.6 is 0 Å². The van der Waals surface area contributed by atoms with Gasteiger partial charge in [0.1, 0.15) is 0 Å². The Kier molecular flexibility index (Phi) is 1.85. The van der Waals surface area contributed by atoms with Crippen molar-refractivity contribution in [1.29, 1.82) is 0 Å². The van der Waals surface area contributed by atoms with Crippen molar-refractivity contribution < 1.29 is 0 Å². The maximum absolute atomic E-state index is 4.07. The van der Waals surface area contributed by atoms with Crippen molar-refractivity contribution in [3.05, 3.63) is 30.2 Å². The van der Waals surface area contributed by atoms with Crippen LogP contribution in [0.2, 0.25) is 0 Å². The predicted molar refractivity (Wildman–Crippen MR) is 54.2 cm³/mol. The molecule has 0 atom stereocenters. The Bertz CT molecular complexity index is 454. The van der Waals surface area contributed by atoms with E-state index in [0.29, 0.717) is 0 Å². The van der Waals surface area contributed by atoms with E-state index in [1.165, 1.54) is 5.52 Å². The fourth-order valence-electron chi connectivity index (χ4n) is 1.47. The van der Waals surface area contributed by atoms with Crippen LogP contribution in [0.5, 0.6) is 0 Å². The molecule has 0 spiro atoms. The minimum atomic E-state index is 1.10. The molecule has 3 nitrogen and oxygen atoms in total. The molecule has 0 N–H and O–H groups in total. The highest BCUT2D eigenvalue weighted by atomic mass is 15.0. The second-order valence-electron chi connectivity index (χ2n) is 2.95. The lowest BCUT2D eigenvalue weighted by atomic mass is 10.3. The van der Waals surface area contributed by atoms with Crippen LogP contribution in [0, 0.1) is 0 Å². The summed E-state index contributed by atoms with van der Waals surface area (Å²) in [4.78, 5) is 8.07. The molecule has 3 heteroatoms. The minimum Gasteiger partial charge on any atom is -0.343 e. The van der Waals surface area contributed by atoms with Crippen molar-refractivity contribution in [2.24, 2.45) is 12.0 Å². The predicted octanol–water partition coefficient (Wildman–Crippen LogP) is 1.62. The molecule has 0 aliphatic rings. The van der Waals surface area contributed by atoms with Gasteiger partial charge in [-0.05, 0) is 12.1 Å². The van der Waals surface area contributed by atoms with E-state index in [-0.39, 0.29) is 0 Å². The Morgan fingerprint density at radius 3 is 3.08 bits per heavy atom. The van der Waals surface area contributed by atoms with Crippen molar-refractivity contribution in [1.82, 2.24) is 9.55 Å². The molecule has 0 radical (unpaired) electrons. The monoisotopic (exact) mass is 173 g/mol. The third-order valence-corrected chi connectivity index (χ3v) is 2.14.